The highest BCUT2D eigenvalue weighted by Crippen LogP contribution is 2.51. The number of carbonyl (C=O) groups is 1. The fraction of sp³-hybridized carbons (Fsp3) is 0.464. The minimum Gasteiger partial charge on any atom is -0.320 e. The van der Waals surface area contributed by atoms with E-state index in [1.54, 1.807) is 18.5 Å². The maximum atomic E-state index is 14.2. The Bertz CT molecular complexity index is 1410. The number of carbonyl (C=O) groups excluding carboxylic acids is 1. The van der Waals surface area contributed by atoms with E-state index in [-0.39, 0.29) is 35.1 Å². The SMILES string of the molecule is Cn1cnnc1C1(c2cccc(N3Cc4c(cc(CNC5(C)CCC5)cc4C(F)(F)F)C3=O)c2)CC(Cl)C1. The lowest BCUT2D eigenvalue weighted by atomic mass is 9.63. The summed E-state index contributed by atoms with van der Waals surface area (Å²) in [7, 11) is 1.87. The van der Waals surface area contributed by atoms with Crippen LogP contribution in [0.4, 0.5) is 18.9 Å². The van der Waals surface area contributed by atoms with Crippen LogP contribution in [0.25, 0.3) is 0 Å². The summed E-state index contributed by atoms with van der Waals surface area (Å²) in [5.41, 5.74) is 0.827. The minimum atomic E-state index is -4.56. The second-order valence-electron chi connectivity index (χ2n) is 11.2. The topological polar surface area (TPSA) is 63.1 Å². The third-order valence-corrected chi connectivity index (χ3v) is 8.88. The fourth-order valence-corrected chi connectivity index (χ4v) is 6.69. The van der Waals surface area contributed by atoms with Crippen LogP contribution in [-0.4, -0.2) is 31.6 Å². The highest BCUT2D eigenvalue weighted by Gasteiger charge is 2.50. The number of fused-ring (bicyclic) bond motifs is 1. The van der Waals surface area contributed by atoms with E-state index in [2.05, 4.69) is 22.4 Å². The van der Waals surface area contributed by atoms with E-state index in [1.165, 1.54) is 11.0 Å². The van der Waals surface area contributed by atoms with Gasteiger partial charge in [-0.3, -0.25) is 4.79 Å². The molecule has 2 saturated carbocycles. The van der Waals surface area contributed by atoms with Crippen molar-refractivity contribution in [2.24, 2.45) is 7.05 Å². The summed E-state index contributed by atoms with van der Waals surface area (Å²) in [6.45, 7) is 2.24. The van der Waals surface area contributed by atoms with Gasteiger partial charge in [-0.25, -0.2) is 0 Å². The molecule has 0 radical (unpaired) electrons. The van der Waals surface area contributed by atoms with Crippen molar-refractivity contribution in [2.45, 2.75) is 74.6 Å². The number of nitrogens with zero attached hydrogens (tertiary/aromatic N) is 4. The van der Waals surface area contributed by atoms with Crippen molar-refractivity contribution in [1.29, 1.82) is 0 Å². The van der Waals surface area contributed by atoms with Crippen LogP contribution in [0.15, 0.2) is 42.7 Å². The van der Waals surface area contributed by atoms with E-state index in [0.29, 0.717) is 24.1 Å². The predicted octanol–water partition coefficient (Wildman–Crippen LogP) is 5.71. The number of anilines is 1. The molecule has 2 fully saturated rings. The van der Waals surface area contributed by atoms with Gasteiger partial charge in [0.25, 0.3) is 5.91 Å². The molecule has 1 N–H and O–H groups in total. The van der Waals surface area contributed by atoms with Crippen molar-refractivity contribution in [3.05, 3.63) is 76.4 Å². The summed E-state index contributed by atoms with van der Waals surface area (Å²) in [5.74, 6) is 0.357. The van der Waals surface area contributed by atoms with Crippen molar-refractivity contribution in [2.75, 3.05) is 4.90 Å². The highest BCUT2D eigenvalue weighted by molar-refractivity contribution is 6.21. The van der Waals surface area contributed by atoms with Crippen LogP contribution >= 0.6 is 11.6 Å². The van der Waals surface area contributed by atoms with Gasteiger partial charge in [-0.1, -0.05) is 12.1 Å². The standard InChI is InChI=1S/C28H29ClF3N5O/c1-26(7-4-8-26)33-14-17-9-21-22(23(10-17)28(30,31)32)15-37(24(21)38)20-6-3-5-18(11-20)27(12-19(29)13-27)25-35-34-16-36(25)2/h3,5-6,9-11,16,19,33H,4,7-8,12-15H2,1-2H3. The van der Waals surface area contributed by atoms with Crippen molar-refractivity contribution >= 4 is 23.2 Å². The van der Waals surface area contributed by atoms with Crippen molar-refractivity contribution in [3.8, 4) is 0 Å². The number of alkyl halides is 4. The average molecular weight is 544 g/mol. The molecule has 0 unspecified atom stereocenters. The summed E-state index contributed by atoms with van der Waals surface area (Å²) >= 11 is 6.41. The average Bonchev–Trinajstić information content (AvgIpc) is 3.41. The molecule has 0 atom stereocenters. The summed E-state index contributed by atoms with van der Waals surface area (Å²) in [4.78, 5) is 15.0. The van der Waals surface area contributed by atoms with E-state index < -0.39 is 23.1 Å². The molecule has 0 spiro atoms. The van der Waals surface area contributed by atoms with Gasteiger partial charge in [0.2, 0.25) is 0 Å². The number of halogens is 4. The van der Waals surface area contributed by atoms with E-state index in [1.807, 2.05) is 29.8 Å². The van der Waals surface area contributed by atoms with E-state index in [0.717, 1.165) is 30.7 Å². The molecule has 6 rings (SSSR count). The molecule has 3 aliphatic rings. The summed E-state index contributed by atoms with van der Waals surface area (Å²) < 4.78 is 44.3. The Balaban J connectivity index is 1.34. The number of amides is 1. The number of benzene rings is 2. The van der Waals surface area contributed by atoms with E-state index in [9.17, 15) is 18.0 Å². The van der Waals surface area contributed by atoms with Crippen LogP contribution in [0.1, 0.15) is 77.5 Å². The molecule has 6 nitrogen and oxygen atoms in total. The summed E-state index contributed by atoms with van der Waals surface area (Å²) in [6.07, 6.45) is 1.49. The second-order valence-corrected chi connectivity index (χ2v) is 11.8. The van der Waals surface area contributed by atoms with Gasteiger partial charge in [-0.15, -0.1) is 21.8 Å². The Hall–Kier alpha value is -2.91. The van der Waals surface area contributed by atoms with E-state index in [4.69, 9.17) is 11.6 Å². The van der Waals surface area contributed by atoms with Crippen LogP contribution in [-0.2, 0) is 31.7 Å². The third kappa shape index (κ3) is 4.11. The fourth-order valence-electron chi connectivity index (χ4n) is 6.16. The molecule has 1 amide bonds. The zero-order chi connectivity index (χ0) is 26.9. The van der Waals surface area contributed by atoms with Gasteiger partial charge in [0.1, 0.15) is 12.2 Å². The van der Waals surface area contributed by atoms with Crippen LogP contribution < -0.4 is 10.2 Å². The molecule has 0 bridgehead atoms. The maximum absolute atomic E-state index is 14.2. The van der Waals surface area contributed by atoms with Crippen LogP contribution in [0.5, 0.6) is 0 Å². The molecule has 2 heterocycles. The zero-order valence-corrected chi connectivity index (χ0v) is 22.0. The first-order valence-corrected chi connectivity index (χ1v) is 13.3. The van der Waals surface area contributed by atoms with Gasteiger partial charge in [-0.2, -0.15) is 13.2 Å². The minimum absolute atomic E-state index is 0.0170. The molecule has 1 aliphatic heterocycles. The van der Waals surface area contributed by atoms with Gasteiger partial charge in [0.05, 0.1) is 17.5 Å². The number of hydrogen-bond donors (Lipinski definition) is 1. The Morgan fingerprint density at radius 1 is 1.18 bits per heavy atom. The smallest absolute Gasteiger partial charge is 0.320 e. The largest absolute Gasteiger partial charge is 0.416 e. The first-order chi connectivity index (χ1) is 18.0. The number of aromatic nitrogens is 3. The van der Waals surface area contributed by atoms with Gasteiger partial charge >= 0.3 is 6.18 Å². The Morgan fingerprint density at radius 3 is 2.55 bits per heavy atom. The Morgan fingerprint density at radius 2 is 1.95 bits per heavy atom. The van der Waals surface area contributed by atoms with Gasteiger partial charge in [0, 0.05) is 35.8 Å². The van der Waals surface area contributed by atoms with Crippen LogP contribution in [0, 0.1) is 0 Å². The Labute approximate surface area is 224 Å². The van der Waals surface area contributed by atoms with Crippen molar-refractivity contribution in [1.82, 2.24) is 20.1 Å². The molecule has 0 saturated heterocycles. The lowest BCUT2D eigenvalue weighted by molar-refractivity contribution is -0.138. The first-order valence-electron chi connectivity index (χ1n) is 12.9. The maximum Gasteiger partial charge on any atom is 0.416 e. The second kappa shape index (κ2) is 8.81. The van der Waals surface area contributed by atoms with Crippen LogP contribution in [0.2, 0.25) is 0 Å². The van der Waals surface area contributed by atoms with Crippen molar-refractivity contribution in [3.63, 3.8) is 0 Å². The predicted molar refractivity (Wildman–Crippen MR) is 138 cm³/mol. The molecule has 10 heteroatoms. The number of nitrogens with one attached hydrogen (secondary N) is 1. The molecule has 2 aromatic carbocycles. The first kappa shape index (κ1) is 25.4. The molecule has 200 valence electrons. The van der Waals surface area contributed by atoms with Crippen molar-refractivity contribution < 1.29 is 18.0 Å². The normalized spacial score (nSPS) is 24.2. The van der Waals surface area contributed by atoms with Crippen LogP contribution in [0.3, 0.4) is 0 Å². The molecule has 1 aromatic heterocycles. The van der Waals surface area contributed by atoms with Gasteiger partial charge in [0.15, 0.2) is 0 Å². The summed E-state index contributed by atoms with van der Waals surface area (Å²) in [5, 5.41) is 11.7. The molecular weight excluding hydrogens is 515 g/mol. The lowest BCUT2D eigenvalue weighted by Crippen LogP contribution is -2.47. The van der Waals surface area contributed by atoms with E-state index >= 15 is 0 Å². The molecule has 38 heavy (non-hydrogen) atoms. The van der Waals surface area contributed by atoms with Gasteiger partial charge < -0.3 is 14.8 Å². The summed E-state index contributed by atoms with van der Waals surface area (Å²) in [6, 6.07) is 10.3. The molecule has 2 aliphatic carbocycles. The Kier molecular flexibility index (Phi) is 5.88. The monoisotopic (exact) mass is 543 g/mol. The van der Waals surface area contributed by atoms with Gasteiger partial charge in [-0.05, 0) is 80.0 Å². The number of aryl methyl sites for hydroxylation is 1. The quantitative estimate of drug-likeness (QED) is 0.404. The zero-order valence-electron chi connectivity index (χ0n) is 21.3. The third-order valence-electron chi connectivity index (χ3n) is 8.57. The molecule has 3 aromatic rings. The highest BCUT2D eigenvalue weighted by atomic mass is 35.5. The number of hydrogen-bond acceptors (Lipinski definition) is 4. The number of rotatable bonds is 6. The molecular formula is C28H29ClF3N5O. The lowest BCUT2D eigenvalue weighted by Gasteiger charge is -2.44.